The van der Waals surface area contributed by atoms with Crippen LogP contribution in [0.15, 0.2) is 60.2 Å². The Morgan fingerprint density at radius 2 is 1.59 bits per heavy atom. The van der Waals surface area contributed by atoms with Crippen LogP contribution in [0, 0.1) is 11.3 Å². The van der Waals surface area contributed by atoms with E-state index in [1.807, 2.05) is 6.07 Å². The number of nitriles is 1. The number of ether oxygens (including phenoxy) is 1. The van der Waals surface area contributed by atoms with Gasteiger partial charge in [-0.05, 0) is 18.6 Å². The molecule has 0 aliphatic carbocycles. The number of allylic oxidation sites excluding steroid dienone is 1. The molecule has 0 N–H and O–H groups in total. The molecule has 0 saturated heterocycles. The molecule has 0 unspecified atom stereocenters. The Kier molecular flexibility index (Phi) is 4.52. The van der Waals surface area contributed by atoms with Gasteiger partial charge in [-0.2, -0.15) is 5.26 Å². The standard InChI is InChI=1S/C17H12F3NO/c1-12(11-21)16(13-7-3-2-4-8-13)14-9-5-6-10-15(14)22-17(18,19)20/h2-10H,1H3/b16-12+. The van der Waals surface area contributed by atoms with Crippen LogP contribution in [-0.2, 0) is 0 Å². The Balaban J connectivity index is 2.63. The maximum absolute atomic E-state index is 12.6. The maximum Gasteiger partial charge on any atom is 0.573 e. The van der Waals surface area contributed by atoms with Crippen LogP contribution in [-0.4, -0.2) is 6.36 Å². The number of rotatable bonds is 3. The second kappa shape index (κ2) is 6.35. The van der Waals surface area contributed by atoms with Crippen LogP contribution in [0.3, 0.4) is 0 Å². The highest BCUT2D eigenvalue weighted by Gasteiger charge is 2.32. The van der Waals surface area contributed by atoms with Crippen LogP contribution in [0.5, 0.6) is 5.75 Å². The van der Waals surface area contributed by atoms with Crippen LogP contribution in [0.4, 0.5) is 13.2 Å². The van der Waals surface area contributed by atoms with E-state index in [4.69, 9.17) is 0 Å². The third-order valence-corrected chi connectivity index (χ3v) is 2.99. The van der Waals surface area contributed by atoms with E-state index in [9.17, 15) is 18.4 Å². The molecular formula is C17H12F3NO. The monoisotopic (exact) mass is 303 g/mol. The molecule has 2 aromatic rings. The highest BCUT2D eigenvalue weighted by molar-refractivity contribution is 5.86. The van der Waals surface area contributed by atoms with Gasteiger partial charge in [-0.25, -0.2) is 0 Å². The fourth-order valence-electron chi connectivity index (χ4n) is 2.12. The Hall–Kier alpha value is -2.74. The summed E-state index contributed by atoms with van der Waals surface area (Å²) >= 11 is 0. The predicted octanol–water partition coefficient (Wildman–Crippen LogP) is 4.93. The molecule has 0 aliphatic rings. The number of alkyl halides is 3. The smallest absolute Gasteiger partial charge is 0.405 e. The van der Waals surface area contributed by atoms with E-state index >= 15 is 0 Å². The second-order valence-corrected chi connectivity index (χ2v) is 4.52. The van der Waals surface area contributed by atoms with Crippen molar-refractivity contribution in [2.24, 2.45) is 0 Å². The molecule has 0 bridgehead atoms. The number of para-hydroxylation sites is 1. The number of halogens is 3. The Bertz CT molecular complexity index is 728. The molecule has 0 fully saturated rings. The quantitative estimate of drug-likeness (QED) is 0.753. The minimum absolute atomic E-state index is 0.227. The zero-order valence-corrected chi connectivity index (χ0v) is 11.7. The van der Waals surface area contributed by atoms with Crippen molar-refractivity contribution in [3.63, 3.8) is 0 Å². The van der Waals surface area contributed by atoms with Crippen molar-refractivity contribution >= 4 is 5.57 Å². The predicted molar refractivity (Wildman–Crippen MR) is 76.9 cm³/mol. The zero-order valence-electron chi connectivity index (χ0n) is 11.7. The summed E-state index contributed by atoms with van der Waals surface area (Å²) in [6.45, 7) is 1.56. The fraction of sp³-hybridized carbons (Fsp3) is 0.118. The average molecular weight is 303 g/mol. The topological polar surface area (TPSA) is 33.0 Å². The summed E-state index contributed by atoms with van der Waals surface area (Å²) in [6.07, 6.45) is -4.79. The van der Waals surface area contributed by atoms with Crippen LogP contribution >= 0.6 is 0 Å². The molecule has 2 aromatic carbocycles. The summed E-state index contributed by atoms with van der Waals surface area (Å²) in [4.78, 5) is 0. The van der Waals surface area contributed by atoms with Crippen molar-refractivity contribution < 1.29 is 17.9 Å². The summed E-state index contributed by atoms with van der Waals surface area (Å²) in [7, 11) is 0. The molecule has 5 heteroatoms. The molecule has 0 radical (unpaired) electrons. The molecule has 0 atom stereocenters. The van der Waals surface area contributed by atoms with Crippen molar-refractivity contribution in [1.82, 2.24) is 0 Å². The van der Waals surface area contributed by atoms with Crippen LogP contribution < -0.4 is 4.74 Å². The highest BCUT2D eigenvalue weighted by Crippen LogP contribution is 2.35. The molecule has 2 nitrogen and oxygen atoms in total. The van der Waals surface area contributed by atoms with Gasteiger partial charge >= 0.3 is 6.36 Å². The number of hydrogen-bond donors (Lipinski definition) is 0. The molecule has 0 saturated carbocycles. The van der Waals surface area contributed by atoms with Gasteiger partial charge in [0.15, 0.2) is 0 Å². The first-order valence-corrected chi connectivity index (χ1v) is 6.44. The van der Waals surface area contributed by atoms with E-state index in [2.05, 4.69) is 4.74 Å². The van der Waals surface area contributed by atoms with Crippen LogP contribution in [0.2, 0.25) is 0 Å². The second-order valence-electron chi connectivity index (χ2n) is 4.52. The summed E-state index contributed by atoms with van der Waals surface area (Å²) in [5.74, 6) is -0.330. The lowest BCUT2D eigenvalue weighted by Crippen LogP contribution is -2.18. The van der Waals surface area contributed by atoms with E-state index < -0.39 is 6.36 Å². The van der Waals surface area contributed by atoms with Gasteiger partial charge in [-0.15, -0.1) is 13.2 Å². The molecular weight excluding hydrogens is 291 g/mol. The Morgan fingerprint density at radius 3 is 2.18 bits per heavy atom. The van der Waals surface area contributed by atoms with Crippen molar-refractivity contribution in [1.29, 1.82) is 5.26 Å². The minimum Gasteiger partial charge on any atom is -0.405 e. The number of nitrogens with zero attached hydrogens (tertiary/aromatic N) is 1. The van der Waals surface area contributed by atoms with Gasteiger partial charge in [0.1, 0.15) is 5.75 Å². The fourth-order valence-corrected chi connectivity index (χ4v) is 2.12. The first-order valence-electron chi connectivity index (χ1n) is 6.44. The lowest BCUT2D eigenvalue weighted by Gasteiger charge is -2.16. The van der Waals surface area contributed by atoms with Crippen molar-refractivity contribution in [3.05, 3.63) is 71.3 Å². The molecule has 0 aromatic heterocycles. The van der Waals surface area contributed by atoms with Gasteiger partial charge in [0.25, 0.3) is 0 Å². The van der Waals surface area contributed by atoms with Gasteiger partial charge in [-0.3, -0.25) is 0 Å². The van der Waals surface area contributed by atoms with E-state index in [1.165, 1.54) is 18.2 Å². The third kappa shape index (κ3) is 3.67. The minimum atomic E-state index is -4.79. The first-order chi connectivity index (χ1) is 10.4. The molecule has 22 heavy (non-hydrogen) atoms. The Morgan fingerprint density at radius 1 is 1.00 bits per heavy atom. The molecule has 0 heterocycles. The van der Waals surface area contributed by atoms with Gasteiger partial charge < -0.3 is 4.74 Å². The summed E-state index contributed by atoms with van der Waals surface area (Å²) < 4.78 is 41.8. The SMILES string of the molecule is C/C(C#N)=C(/c1ccccc1)c1ccccc1OC(F)(F)F. The van der Waals surface area contributed by atoms with E-state index in [0.29, 0.717) is 16.7 Å². The molecule has 0 aliphatic heterocycles. The molecule has 0 spiro atoms. The van der Waals surface area contributed by atoms with Crippen molar-refractivity contribution in [2.45, 2.75) is 13.3 Å². The van der Waals surface area contributed by atoms with Gasteiger partial charge in [0, 0.05) is 16.7 Å². The first kappa shape index (κ1) is 15.6. The van der Waals surface area contributed by atoms with E-state index in [0.717, 1.165) is 0 Å². The van der Waals surface area contributed by atoms with Crippen molar-refractivity contribution in [3.8, 4) is 11.8 Å². The lowest BCUT2D eigenvalue weighted by molar-refractivity contribution is -0.274. The summed E-state index contributed by atoms with van der Waals surface area (Å²) in [5, 5.41) is 9.18. The molecule has 2 rings (SSSR count). The number of hydrogen-bond acceptors (Lipinski definition) is 2. The van der Waals surface area contributed by atoms with Gasteiger partial charge in [-0.1, -0.05) is 48.5 Å². The summed E-state index contributed by atoms with van der Waals surface area (Å²) in [5.41, 5.74) is 1.61. The molecule has 112 valence electrons. The third-order valence-electron chi connectivity index (χ3n) is 2.99. The van der Waals surface area contributed by atoms with Crippen molar-refractivity contribution in [2.75, 3.05) is 0 Å². The van der Waals surface area contributed by atoms with E-state index in [-0.39, 0.29) is 11.3 Å². The van der Waals surface area contributed by atoms with Crippen LogP contribution in [0.25, 0.3) is 5.57 Å². The summed E-state index contributed by atoms with van der Waals surface area (Å²) in [6, 6.07) is 16.6. The van der Waals surface area contributed by atoms with Gasteiger partial charge in [0.2, 0.25) is 0 Å². The molecule has 0 amide bonds. The maximum atomic E-state index is 12.6. The largest absolute Gasteiger partial charge is 0.573 e. The number of benzene rings is 2. The average Bonchev–Trinajstić information content (AvgIpc) is 2.48. The van der Waals surface area contributed by atoms with Gasteiger partial charge in [0.05, 0.1) is 6.07 Å². The van der Waals surface area contributed by atoms with Crippen LogP contribution in [0.1, 0.15) is 18.1 Å². The Labute approximate surface area is 126 Å². The zero-order chi connectivity index (χ0) is 16.2. The highest BCUT2D eigenvalue weighted by atomic mass is 19.4. The van der Waals surface area contributed by atoms with E-state index in [1.54, 1.807) is 43.3 Å². The lowest BCUT2D eigenvalue weighted by atomic mass is 9.93. The normalized spacial score (nSPS) is 12.3.